The van der Waals surface area contributed by atoms with Gasteiger partial charge in [-0.25, -0.2) is 4.79 Å². The summed E-state index contributed by atoms with van der Waals surface area (Å²) >= 11 is 0. The van der Waals surface area contributed by atoms with Gasteiger partial charge in [-0.2, -0.15) is 0 Å². The highest BCUT2D eigenvalue weighted by atomic mass is 16.6. The molecule has 2 saturated heterocycles. The first-order valence-corrected chi connectivity index (χ1v) is 9.01. The lowest BCUT2D eigenvalue weighted by molar-refractivity contribution is -0.137. The highest BCUT2D eigenvalue weighted by Gasteiger charge is 2.46. The molecule has 0 aliphatic carbocycles. The molecular formula is C18H32N2O4. The van der Waals surface area contributed by atoms with Crippen LogP contribution < -0.4 is 0 Å². The van der Waals surface area contributed by atoms with E-state index in [0.717, 1.165) is 25.8 Å². The molecular weight excluding hydrogens is 308 g/mol. The predicted molar refractivity (Wildman–Crippen MR) is 91.8 cm³/mol. The molecule has 0 radical (unpaired) electrons. The number of hydrogen-bond donors (Lipinski definition) is 0. The van der Waals surface area contributed by atoms with Crippen molar-refractivity contribution in [3.63, 3.8) is 0 Å². The highest BCUT2D eigenvalue weighted by molar-refractivity contribution is 5.78. The van der Waals surface area contributed by atoms with Crippen LogP contribution >= 0.6 is 0 Å². The third-order valence-corrected chi connectivity index (χ3v) is 4.99. The SMILES string of the molecule is CCOCC(=O)N1CC2(CCN(C(=O)OC(C)(C)C)CC2)C[C@H]1C. The van der Waals surface area contributed by atoms with Crippen molar-refractivity contribution in [3.05, 3.63) is 0 Å². The third kappa shape index (κ3) is 4.62. The van der Waals surface area contributed by atoms with Crippen molar-refractivity contribution in [1.29, 1.82) is 0 Å². The molecule has 0 aromatic heterocycles. The molecule has 0 bridgehead atoms. The second kappa shape index (κ2) is 7.30. The van der Waals surface area contributed by atoms with E-state index >= 15 is 0 Å². The number of likely N-dealkylation sites (tertiary alicyclic amines) is 2. The molecule has 0 N–H and O–H groups in total. The number of piperidine rings is 1. The van der Waals surface area contributed by atoms with Crippen molar-refractivity contribution in [2.45, 2.75) is 65.5 Å². The third-order valence-electron chi connectivity index (χ3n) is 4.99. The van der Waals surface area contributed by atoms with E-state index < -0.39 is 5.60 Å². The van der Waals surface area contributed by atoms with Crippen LogP contribution in [0.25, 0.3) is 0 Å². The van der Waals surface area contributed by atoms with Gasteiger partial charge in [-0.05, 0) is 59.3 Å². The molecule has 2 aliphatic rings. The van der Waals surface area contributed by atoms with Gasteiger partial charge >= 0.3 is 6.09 Å². The molecule has 6 heteroatoms. The van der Waals surface area contributed by atoms with Gasteiger partial charge in [0.2, 0.25) is 5.91 Å². The van der Waals surface area contributed by atoms with E-state index in [-0.39, 0.29) is 30.1 Å². The van der Waals surface area contributed by atoms with E-state index in [1.165, 1.54) is 0 Å². The van der Waals surface area contributed by atoms with Gasteiger partial charge in [0.15, 0.2) is 0 Å². The Kier molecular flexibility index (Phi) is 5.78. The van der Waals surface area contributed by atoms with Crippen molar-refractivity contribution in [2.75, 3.05) is 32.8 Å². The number of carbonyl (C=O) groups excluding carboxylic acids is 2. The van der Waals surface area contributed by atoms with Gasteiger partial charge in [-0.3, -0.25) is 4.79 Å². The van der Waals surface area contributed by atoms with E-state index in [2.05, 4.69) is 6.92 Å². The van der Waals surface area contributed by atoms with Crippen molar-refractivity contribution in [2.24, 2.45) is 5.41 Å². The summed E-state index contributed by atoms with van der Waals surface area (Å²) in [6.07, 6.45) is 2.63. The molecule has 2 heterocycles. The van der Waals surface area contributed by atoms with Crippen LogP contribution in [-0.4, -0.2) is 66.3 Å². The largest absolute Gasteiger partial charge is 0.444 e. The Balaban J connectivity index is 1.89. The summed E-state index contributed by atoms with van der Waals surface area (Å²) < 4.78 is 10.7. The first kappa shape index (κ1) is 19.0. The maximum Gasteiger partial charge on any atom is 0.410 e. The number of hydrogen-bond acceptors (Lipinski definition) is 4. The van der Waals surface area contributed by atoms with E-state index in [0.29, 0.717) is 19.7 Å². The van der Waals surface area contributed by atoms with Gasteiger partial charge in [0.1, 0.15) is 12.2 Å². The fraction of sp³-hybridized carbons (Fsp3) is 0.889. The minimum atomic E-state index is -0.462. The van der Waals surface area contributed by atoms with Crippen LogP contribution in [-0.2, 0) is 14.3 Å². The van der Waals surface area contributed by atoms with Crippen LogP contribution in [0.2, 0.25) is 0 Å². The quantitative estimate of drug-likeness (QED) is 0.792. The van der Waals surface area contributed by atoms with Crippen molar-refractivity contribution in [3.8, 4) is 0 Å². The van der Waals surface area contributed by atoms with Crippen LogP contribution in [0.3, 0.4) is 0 Å². The summed E-state index contributed by atoms with van der Waals surface area (Å²) in [4.78, 5) is 28.2. The number of ether oxygens (including phenoxy) is 2. The molecule has 2 rings (SSSR count). The smallest absolute Gasteiger partial charge is 0.410 e. The highest BCUT2D eigenvalue weighted by Crippen LogP contribution is 2.43. The molecule has 0 aromatic carbocycles. The van der Waals surface area contributed by atoms with E-state index in [1.807, 2.05) is 32.6 Å². The predicted octanol–water partition coefficient (Wildman–Crippen LogP) is 2.66. The normalized spacial score (nSPS) is 23.6. The number of carbonyl (C=O) groups is 2. The zero-order valence-corrected chi connectivity index (χ0v) is 15.8. The van der Waals surface area contributed by atoms with Gasteiger partial charge in [-0.1, -0.05) is 0 Å². The van der Waals surface area contributed by atoms with Gasteiger partial charge in [0.05, 0.1) is 0 Å². The van der Waals surface area contributed by atoms with Crippen molar-refractivity contribution in [1.82, 2.24) is 9.80 Å². The Bertz CT molecular complexity index is 464. The van der Waals surface area contributed by atoms with Gasteiger partial charge in [0, 0.05) is 32.3 Å². The summed E-state index contributed by atoms with van der Waals surface area (Å²) in [7, 11) is 0. The molecule has 2 fully saturated rings. The van der Waals surface area contributed by atoms with E-state index in [4.69, 9.17) is 9.47 Å². The topological polar surface area (TPSA) is 59.1 Å². The van der Waals surface area contributed by atoms with E-state index in [1.54, 1.807) is 4.90 Å². The molecule has 6 nitrogen and oxygen atoms in total. The average molecular weight is 340 g/mol. The molecule has 0 saturated carbocycles. The zero-order valence-electron chi connectivity index (χ0n) is 15.8. The lowest BCUT2D eigenvalue weighted by Gasteiger charge is -2.39. The summed E-state index contributed by atoms with van der Waals surface area (Å²) in [6, 6.07) is 0.242. The molecule has 1 spiro atoms. The Labute approximate surface area is 145 Å². The Morgan fingerprint density at radius 1 is 1.21 bits per heavy atom. The average Bonchev–Trinajstić information content (AvgIpc) is 2.80. The molecule has 2 amide bonds. The minimum absolute atomic E-state index is 0.0794. The molecule has 0 aromatic rings. The summed E-state index contributed by atoms with van der Waals surface area (Å²) in [5.74, 6) is 0.0794. The molecule has 0 unspecified atom stereocenters. The van der Waals surface area contributed by atoms with Gasteiger partial charge in [0.25, 0.3) is 0 Å². The summed E-state index contributed by atoms with van der Waals surface area (Å²) in [6.45, 7) is 12.6. The Hall–Kier alpha value is -1.30. The maximum atomic E-state index is 12.3. The molecule has 24 heavy (non-hydrogen) atoms. The summed E-state index contributed by atoms with van der Waals surface area (Å²) in [5, 5.41) is 0. The fourth-order valence-corrected chi connectivity index (χ4v) is 3.78. The van der Waals surface area contributed by atoms with Crippen molar-refractivity contribution < 1.29 is 19.1 Å². The number of amides is 2. The van der Waals surface area contributed by atoms with Crippen LogP contribution in [0.4, 0.5) is 4.79 Å². The van der Waals surface area contributed by atoms with Crippen LogP contribution in [0, 0.1) is 5.41 Å². The molecule has 1 atom stereocenters. The number of rotatable bonds is 3. The first-order valence-electron chi connectivity index (χ1n) is 9.01. The Morgan fingerprint density at radius 3 is 2.38 bits per heavy atom. The summed E-state index contributed by atoms with van der Waals surface area (Å²) in [5.41, 5.74) is -0.323. The van der Waals surface area contributed by atoms with Gasteiger partial charge in [-0.15, -0.1) is 0 Å². The van der Waals surface area contributed by atoms with Crippen LogP contribution in [0.5, 0.6) is 0 Å². The van der Waals surface area contributed by atoms with Crippen molar-refractivity contribution >= 4 is 12.0 Å². The number of nitrogens with zero attached hydrogens (tertiary/aromatic N) is 2. The maximum absolute atomic E-state index is 12.3. The second-order valence-corrected chi connectivity index (χ2v) is 8.18. The monoisotopic (exact) mass is 340 g/mol. The first-order chi connectivity index (χ1) is 11.2. The lowest BCUT2D eigenvalue weighted by Crippen LogP contribution is -2.46. The van der Waals surface area contributed by atoms with Crippen LogP contribution in [0.1, 0.15) is 53.9 Å². The molecule has 2 aliphatic heterocycles. The zero-order chi connectivity index (χ0) is 18.0. The molecule has 138 valence electrons. The van der Waals surface area contributed by atoms with Gasteiger partial charge < -0.3 is 19.3 Å². The fourth-order valence-electron chi connectivity index (χ4n) is 3.78. The van der Waals surface area contributed by atoms with E-state index in [9.17, 15) is 9.59 Å². The standard InChI is InChI=1S/C18H32N2O4/c1-6-23-12-15(21)20-13-18(11-14(20)2)7-9-19(10-8-18)16(22)24-17(3,4)5/h14H,6-13H2,1-5H3/t14-/m1/s1. The minimum Gasteiger partial charge on any atom is -0.444 e. The Morgan fingerprint density at radius 2 is 1.83 bits per heavy atom. The lowest BCUT2D eigenvalue weighted by atomic mass is 9.77. The second-order valence-electron chi connectivity index (χ2n) is 8.18. The van der Waals surface area contributed by atoms with Crippen LogP contribution in [0.15, 0.2) is 0 Å².